The molecule has 0 aliphatic carbocycles. The van der Waals surface area contributed by atoms with Gasteiger partial charge in [0.1, 0.15) is 0 Å². The first kappa shape index (κ1) is 10.8. The number of fused-ring (bicyclic) bond motifs is 2. The second kappa shape index (κ2) is 3.83. The van der Waals surface area contributed by atoms with Gasteiger partial charge in [-0.15, -0.1) is 11.3 Å². The second-order valence-electron chi connectivity index (χ2n) is 4.65. The molecule has 0 spiro atoms. The van der Waals surface area contributed by atoms with E-state index < -0.39 is 0 Å². The molecule has 86 valence electrons. The Bertz CT molecular complexity index is 454. The van der Waals surface area contributed by atoms with Gasteiger partial charge in [-0.25, -0.2) is 0 Å². The molecule has 0 saturated carbocycles. The Morgan fingerprint density at radius 2 is 2.25 bits per heavy atom. The summed E-state index contributed by atoms with van der Waals surface area (Å²) < 4.78 is 0.790. The molecular formula is C12H14ClNOS. The summed E-state index contributed by atoms with van der Waals surface area (Å²) in [5.74, 6) is 0.307. The van der Waals surface area contributed by atoms with E-state index in [0.717, 1.165) is 35.0 Å². The average molecular weight is 256 g/mol. The molecule has 1 saturated heterocycles. The third-order valence-electron chi connectivity index (χ3n) is 3.67. The summed E-state index contributed by atoms with van der Waals surface area (Å²) in [4.78, 5) is 15.9. The fourth-order valence-electron chi connectivity index (χ4n) is 2.80. The monoisotopic (exact) mass is 255 g/mol. The maximum atomic E-state index is 12.4. The number of carbonyl (C=O) groups excluding carboxylic acids is 1. The van der Waals surface area contributed by atoms with Gasteiger partial charge in [-0.2, -0.15) is 0 Å². The standard InChI is InChI=1S/C12H14ClNOS/c1-7-10-9(16-12(7)13)6-14-5-3-2-4-8(14)11(10)15/h8H,2-6H2,1H3. The highest BCUT2D eigenvalue weighted by Gasteiger charge is 2.37. The number of thiophene rings is 1. The van der Waals surface area contributed by atoms with Crippen molar-refractivity contribution in [3.63, 3.8) is 0 Å². The normalized spacial score (nSPS) is 25.4. The third kappa shape index (κ3) is 1.45. The summed E-state index contributed by atoms with van der Waals surface area (Å²) in [5.41, 5.74) is 1.93. The molecule has 2 aliphatic rings. The van der Waals surface area contributed by atoms with Crippen molar-refractivity contribution in [1.29, 1.82) is 0 Å². The Balaban J connectivity index is 2.07. The van der Waals surface area contributed by atoms with Crippen LogP contribution in [0.3, 0.4) is 0 Å². The minimum absolute atomic E-state index is 0.130. The van der Waals surface area contributed by atoms with Crippen molar-refractivity contribution in [1.82, 2.24) is 4.90 Å². The topological polar surface area (TPSA) is 20.3 Å². The van der Waals surface area contributed by atoms with Gasteiger partial charge in [0.25, 0.3) is 0 Å². The van der Waals surface area contributed by atoms with Crippen LogP contribution in [0, 0.1) is 6.92 Å². The summed E-state index contributed by atoms with van der Waals surface area (Å²) in [6, 6.07) is 0.130. The van der Waals surface area contributed by atoms with Crippen LogP contribution in [0.2, 0.25) is 4.34 Å². The summed E-state index contributed by atoms with van der Waals surface area (Å²) >= 11 is 7.71. The van der Waals surface area contributed by atoms with Gasteiger partial charge in [0.2, 0.25) is 0 Å². The number of piperidine rings is 1. The van der Waals surface area contributed by atoms with Crippen LogP contribution >= 0.6 is 22.9 Å². The van der Waals surface area contributed by atoms with Crippen molar-refractivity contribution >= 4 is 28.7 Å². The first-order valence-corrected chi connectivity index (χ1v) is 6.94. The molecule has 0 bridgehead atoms. The van der Waals surface area contributed by atoms with Crippen LogP contribution in [0.5, 0.6) is 0 Å². The molecule has 16 heavy (non-hydrogen) atoms. The molecule has 0 N–H and O–H groups in total. The molecule has 4 heteroatoms. The van der Waals surface area contributed by atoms with Gasteiger partial charge in [-0.05, 0) is 31.9 Å². The van der Waals surface area contributed by atoms with Gasteiger partial charge >= 0.3 is 0 Å². The molecule has 1 aromatic rings. The molecule has 2 aliphatic heterocycles. The van der Waals surface area contributed by atoms with E-state index in [9.17, 15) is 4.79 Å². The fraction of sp³-hybridized carbons (Fsp3) is 0.583. The number of Topliss-reactive ketones (excluding diaryl/α,β-unsaturated/α-hetero) is 1. The molecule has 1 unspecified atom stereocenters. The zero-order valence-corrected chi connectivity index (χ0v) is 10.8. The van der Waals surface area contributed by atoms with Gasteiger partial charge in [0.15, 0.2) is 5.78 Å². The van der Waals surface area contributed by atoms with Crippen molar-refractivity contribution in [3.8, 4) is 0 Å². The number of hydrogen-bond donors (Lipinski definition) is 0. The molecule has 1 fully saturated rings. The van der Waals surface area contributed by atoms with Crippen molar-refractivity contribution in [2.45, 2.75) is 38.8 Å². The highest BCUT2D eigenvalue weighted by atomic mass is 35.5. The Hall–Kier alpha value is -0.380. The molecule has 1 aromatic heterocycles. The SMILES string of the molecule is Cc1c(Cl)sc2c1C(=O)C1CCCCN1C2. The van der Waals surface area contributed by atoms with E-state index in [1.165, 1.54) is 17.7 Å². The predicted octanol–water partition coefficient (Wildman–Crippen LogP) is 3.26. The largest absolute Gasteiger partial charge is 0.292 e. The Morgan fingerprint density at radius 3 is 3.06 bits per heavy atom. The number of halogens is 1. The quantitative estimate of drug-likeness (QED) is 0.709. The Kier molecular flexibility index (Phi) is 2.57. The molecule has 1 atom stereocenters. The van der Waals surface area contributed by atoms with Crippen molar-refractivity contribution < 1.29 is 4.79 Å². The summed E-state index contributed by atoms with van der Waals surface area (Å²) in [7, 11) is 0. The zero-order chi connectivity index (χ0) is 11.3. The fourth-order valence-corrected chi connectivity index (χ4v) is 4.24. The van der Waals surface area contributed by atoms with Crippen LogP contribution in [0.1, 0.15) is 40.1 Å². The van der Waals surface area contributed by atoms with Crippen molar-refractivity contribution in [2.75, 3.05) is 6.54 Å². The van der Waals surface area contributed by atoms with Crippen molar-refractivity contribution in [2.24, 2.45) is 0 Å². The van der Waals surface area contributed by atoms with E-state index in [1.54, 1.807) is 11.3 Å². The van der Waals surface area contributed by atoms with Gasteiger partial charge in [0.05, 0.1) is 10.4 Å². The average Bonchev–Trinajstić information content (AvgIpc) is 2.55. The lowest BCUT2D eigenvalue weighted by atomic mass is 9.89. The zero-order valence-electron chi connectivity index (χ0n) is 9.25. The molecule has 2 nitrogen and oxygen atoms in total. The van der Waals surface area contributed by atoms with E-state index >= 15 is 0 Å². The maximum Gasteiger partial charge on any atom is 0.181 e. The van der Waals surface area contributed by atoms with Crippen LogP contribution in [-0.4, -0.2) is 23.3 Å². The van der Waals surface area contributed by atoms with Gasteiger partial charge in [-0.1, -0.05) is 18.0 Å². The third-order valence-corrected chi connectivity index (χ3v) is 5.25. The van der Waals surface area contributed by atoms with Crippen molar-refractivity contribution in [3.05, 3.63) is 20.3 Å². The number of carbonyl (C=O) groups is 1. The molecule has 0 radical (unpaired) electrons. The van der Waals surface area contributed by atoms with Gasteiger partial charge in [-0.3, -0.25) is 9.69 Å². The molecule has 3 rings (SSSR count). The Morgan fingerprint density at radius 1 is 1.44 bits per heavy atom. The van der Waals surface area contributed by atoms with Gasteiger partial charge in [0, 0.05) is 17.0 Å². The first-order chi connectivity index (χ1) is 7.68. The number of ketones is 1. The number of rotatable bonds is 0. The van der Waals surface area contributed by atoms with E-state index in [4.69, 9.17) is 11.6 Å². The number of nitrogens with zero attached hydrogens (tertiary/aromatic N) is 1. The van der Waals surface area contributed by atoms with Crippen LogP contribution in [0.4, 0.5) is 0 Å². The van der Waals surface area contributed by atoms with Crippen LogP contribution in [0.25, 0.3) is 0 Å². The van der Waals surface area contributed by atoms with Crippen LogP contribution in [-0.2, 0) is 6.54 Å². The van der Waals surface area contributed by atoms with E-state index in [-0.39, 0.29) is 6.04 Å². The lowest BCUT2D eigenvalue weighted by Crippen LogP contribution is -2.47. The highest BCUT2D eigenvalue weighted by Crippen LogP contribution is 2.39. The van der Waals surface area contributed by atoms with E-state index in [0.29, 0.717) is 5.78 Å². The lowest BCUT2D eigenvalue weighted by molar-refractivity contribution is 0.0690. The van der Waals surface area contributed by atoms with E-state index in [1.807, 2.05) is 6.92 Å². The smallest absolute Gasteiger partial charge is 0.181 e. The minimum atomic E-state index is 0.130. The molecule has 3 heterocycles. The van der Waals surface area contributed by atoms with Gasteiger partial charge < -0.3 is 0 Å². The predicted molar refractivity (Wildman–Crippen MR) is 66.4 cm³/mol. The van der Waals surface area contributed by atoms with E-state index in [2.05, 4.69) is 4.90 Å². The molecule has 0 amide bonds. The first-order valence-electron chi connectivity index (χ1n) is 5.74. The second-order valence-corrected chi connectivity index (χ2v) is 6.35. The summed E-state index contributed by atoms with van der Waals surface area (Å²) in [6.07, 6.45) is 3.42. The van der Waals surface area contributed by atoms with Crippen LogP contribution < -0.4 is 0 Å². The summed E-state index contributed by atoms with van der Waals surface area (Å²) in [5, 5.41) is 0. The number of hydrogen-bond acceptors (Lipinski definition) is 3. The molecule has 0 aromatic carbocycles. The molecular weight excluding hydrogens is 242 g/mol. The minimum Gasteiger partial charge on any atom is -0.292 e. The maximum absolute atomic E-state index is 12.4. The Labute approximate surface area is 104 Å². The van der Waals surface area contributed by atoms with Crippen LogP contribution in [0.15, 0.2) is 0 Å². The highest BCUT2D eigenvalue weighted by molar-refractivity contribution is 7.16. The lowest BCUT2D eigenvalue weighted by Gasteiger charge is -2.37. The summed E-state index contributed by atoms with van der Waals surface area (Å²) in [6.45, 7) is 3.95.